The van der Waals surface area contributed by atoms with Crippen molar-refractivity contribution < 1.29 is 14.3 Å². The summed E-state index contributed by atoms with van der Waals surface area (Å²) in [5.41, 5.74) is 1.01. The highest BCUT2D eigenvalue weighted by atomic mass is 32.1. The Kier molecular flexibility index (Phi) is 4.71. The topological polar surface area (TPSA) is 52.8 Å². The van der Waals surface area contributed by atoms with Crippen LogP contribution in [0.1, 0.15) is 39.5 Å². The van der Waals surface area contributed by atoms with E-state index in [9.17, 15) is 4.79 Å². The third-order valence-corrected chi connectivity index (χ3v) is 5.23. The van der Waals surface area contributed by atoms with E-state index in [0.717, 1.165) is 52.2 Å². The molecule has 23 heavy (non-hydrogen) atoms. The van der Waals surface area contributed by atoms with E-state index in [1.807, 2.05) is 23.7 Å². The molecule has 0 radical (unpaired) electrons. The summed E-state index contributed by atoms with van der Waals surface area (Å²) in [6, 6.07) is 3.91. The fourth-order valence-electron chi connectivity index (χ4n) is 2.90. The van der Waals surface area contributed by atoms with Crippen molar-refractivity contribution in [2.24, 2.45) is 18.0 Å². The van der Waals surface area contributed by atoms with Crippen molar-refractivity contribution in [3.8, 4) is 11.5 Å². The molecule has 124 valence electrons. The molecule has 0 aliphatic carbocycles. The largest absolute Gasteiger partial charge is 0.454 e. The predicted octanol–water partition coefficient (Wildman–Crippen LogP) is 3.61. The van der Waals surface area contributed by atoms with Gasteiger partial charge in [0.25, 0.3) is 5.91 Å². The molecular formula is C17H22N2O3S. The molecule has 1 aromatic carbocycles. The summed E-state index contributed by atoms with van der Waals surface area (Å²) in [6.45, 7) is 4.48. The maximum Gasteiger partial charge on any atom is 0.251 e. The molecule has 0 unspecified atom stereocenters. The van der Waals surface area contributed by atoms with Crippen molar-refractivity contribution in [3.05, 3.63) is 16.9 Å². The first-order valence-electron chi connectivity index (χ1n) is 8.11. The van der Waals surface area contributed by atoms with E-state index >= 15 is 0 Å². The molecule has 0 saturated carbocycles. The summed E-state index contributed by atoms with van der Waals surface area (Å²) in [7, 11) is 1.93. The van der Waals surface area contributed by atoms with Gasteiger partial charge in [0, 0.05) is 25.1 Å². The van der Waals surface area contributed by atoms with Gasteiger partial charge in [-0.2, -0.15) is 4.99 Å². The Hall–Kier alpha value is -1.82. The molecule has 0 saturated heterocycles. The Balaban J connectivity index is 1.99. The van der Waals surface area contributed by atoms with Gasteiger partial charge in [-0.1, -0.05) is 38.0 Å². The first kappa shape index (κ1) is 16.1. The highest BCUT2D eigenvalue weighted by Gasteiger charge is 2.19. The number of hydrogen-bond acceptors (Lipinski definition) is 4. The van der Waals surface area contributed by atoms with Crippen LogP contribution in [0.5, 0.6) is 11.5 Å². The molecule has 5 nitrogen and oxygen atoms in total. The molecule has 0 atom stereocenters. The Bertz CT molecular complexity index is 785. The number of benzene rings is 1. The van der Waals surface area contributed by atoms with E-state index in [1.165, 1.54) is 11.3 Å². The number of thiazole rings is 1. The van der Waals surface area contributed by atoms with Crippen molar-refractivity contribution in [3.63, 3.8) is 0 Å². The van der Waals surface area contributed by atoms with Gasteiger partial charge in [0.15, 0.2) is 16.3 Å². The molecule has 0 fully saturated rings. The Labute approximate surface area is 139 Å². The van der Waals surface area contributed by atoms with Gasteiger partial charge in [-0.15, -0.1) is 0 Å². The fourth-order valence-corrected chi connectivity index (χ4v) is 3.93. The second-order valence-corrected chi connectivity index (χ2v) is 6.85. The van der Waals surface area contributed by atoms with Crippen LogP contribution < -0.4 is 14.3 Å². The smallest absolute Gasteiger partial charge is 0.251 e. The van der Waals surface area contributed by atoms with Gasteiger partial charge in [-0.3, -0.25) is 4.79 Å². The molecule has 0 spiro atoms. The molecule has 1 amide bonds. The Morgan fingerprint density at radius 3 is 2.57 bits per heavy atom. The number of nitrogens with zero attached hydrogens (tertiary/aromatic N) is 2. The van der Waals surface area contributed by atoms with Crippen LogP contribution in [0.4, 0.5) is 0 Å². The van der Waals surface area contributed by atoms with Crippen LogP contribution in [0.3, 0.4) is 0 Å². The quantitative estimate of drug-likeness (QED) is 0.839. The maximum absolute atomic E-state index is 12.5. The van der Waals surface area contributed by atoms with Crippen molar-refractivity contribution >= 4 is 27.5 Å². The van der Waals surface area contributed by atoms with E-state index in [4.69, 9.17) is 9.47 Å². The Morgan fingerprint density at radius 2 is 1.91 bits per heavy atom. The average Bonchev–Trinajstić information content (AvgIpc) is 3.10. The van der Waals surface area contributed by atoms with Crippen LogP contribution in [0.15, 0.2) is 17.1 Å². The molecule has 1 aromatic heterocycles. The molecule has 2 heterocycles. The van der Waals surface area contributed by atoms with Gasteiger partial charge in [-0.05, 0) is 12.8 Å². The number of ether oxygens (including phenoxy) is 2. The van der Waals surface area contributed by atoms with Crippen LogP contribution in [0.2, 0.25) is 0 Å². The minimum absolute atomic E-state index is 0.00380. The summed E-state index contributed by atoms with van der Waals surface area (Å²) in [5.74, 6) is 1.54. The first-order valence-corrected chi connectivity index (χ1v) is 8.93. The van der Waals surface area contributed by atoms with Gasteiger partial charge in [0.1, 0.15) is 0 Å². The number of rotatable bonds is 5. The lowest BCUT2D eigenvalue weighted by Crippen LogP contribution is -2.18. The molecule has 0 N–H and O–H groups in total. The van der Waals surface area contributed by atoms with Crippen LogP contribution in [0, 0.1) is 5.92 Å². The Morgan fingerprint density at radius 1 is 1.26 bits per heavy atom. The molecule has 1 aliphatic rings. The maximum atomic E-state index is 12.5. The minimum Gasteiger partial charge on any atom is -0.454 e. The average molecular weight is 334 g/mol. The number of amides is 1. The zero-order chi connectivity index (χ0) is 16.4. The molecular weight excluding hydrogens is 312 g/mol. The van der Waals surface area contributed by atoms with Crippen LogP contribution in [0.25, 0.3) is 10.2 Å². The summed E-state index contributed by atoms with van der Waals surface area (Å²) in [6.07, 6.45) is 3.82. The third kappa shape index (κ3) is 3.13. The van der Waals surface area contributed by atoms with Crippen molar-refractivity contribution in [1.29, 1.82) is 0 Å². The van der Waals surface area contributed by atoms with E-state index < -0.39 is 0 Å². The highest BCUT2D eigenvalue weighted by molar-refractivity contribution is 7.16. The van der Waals surface area contributed by atoms with Crippen molar-refractivity contribution in [1.82, 2.24) is 4.57 Å². The lowest BCUT2D eigenvalue weighted by molar-refractivity contribution is -0.122. The van der Waals surface area contributed by atoms with Gasteiger partial charge in [0.05, 0.1) is 10.2 Å². The lowest BCUT2D eigenvalue weighted by atomic mass is 9.98. The number of aromatic nitrogens is 1. The van der Waals surface area contributed by atoms with Crippen LogP contribution >= 0.6 is 11.3 Å². The predicted molar refractivity (Wildman–Crippen MR) is 90.8 cm³/mol. The first-order chi connectivity index (χ1) is 11.1. The minimum atomic E-state index is -0.00380. The normalized spacial score (nSPS) is 14.2. The highest BCUT2D eigenvalue weighted by Crippen LogP contribution is 2.36. The van der Waals surface area contributed by atoms with E-state index in [-0.39, 0.29) is 18.6 Å². The summed E-state index contributed by atoms with van der Waals surface area (Å²) >= 11 is 1.51. The lowest BCUT2D eigenvalue weighted by Gasteiger charge is -2.09. The van der Waals surface area contributed by atoms with E-state index in [2.05, 4.69) is 18.8 Å². The SMILES string of the molecule is CCCC(CCC)C(=O)N=c1sc2cc3c(cc2n1C)OCO3. The zero-order valence-electron chi connectivity index (χ0n) is 13.8. The van der Waals surface area contributed by atoms with E-state index in [1.54, 1.807) is 0 Å². The molecule has 0 bridgehead atoms. The number of carbonyl (C=O) groups is 1. The standard InChI is InChI=1S/C17H22N2O3S/c1-4-6-11(7-5-2)16(20)18-17-19(3)12-8-13-14(22-10-21-13)9-15(12)23-17/h8-9,11H,4-7,10H2,1-3H3. The summed E-state index contributed by atoms with van der Waals surface area (Å²) < 4.78 is 13.8. The summed E-state index contributed by atoms with van der Waals surface area (Å²) in [4.78, 5) is 17.6. The number of hydrogen-bond donors (Lipinski definition) is 0. The second kappa shape index (κ2) is 6.74. The van der Waals surface area contributed by atoms with Crippen LogP contribution in [-0.2, 0) is 11.8 Å². The summed E-state index contributed by atoms with van der Waals surface area (Å²) in [5, 5.41) is 0. The fraction of sp³-hybridized carbons (Fsp3) is 0.529. The zero-order valence-corrected chi connectivity index (χ0v) is 14.6. The monoisotopic (exact) mass is 334 g/mol. The number of carbonyl (C=O) groups excluding carboxylic acids is 1. The molecule has 3 rings (SSSR count). The van der Waals surface area contributed by atoms with Gasteiger partial charge < -0.3 is 14.0 Å². The molecule has 1 aliphatic heterocycles. The van der Waals surface area contributed by atoms with Gasteiger partial charge in [-0.25, -0.2) is 0 Å². The number of aryl methyl sites for hydroxylation is 1. The van der Waals surface area contributed by atoms with Crippen LogP contribution in [-0.4, -0.2) is 17.3 Å². The van der Waals surface area contributed by atoms with Crippen molar-refractivity contribution in [2.45, 2.75) is 39.5 Å². The van der Waals surface area contributed by atoms with Gasteiger partial charge >= 0.3 is 0 Å². The molecule has 6 heteroatoms. The van der Waals surface area contributed by atoms with Gasteiger partial charge in [0.2, 0.25) is 6.79 Å². The van der Waals surface area contributed by atoms with Crippen molar-refractivity contribution in [2.75, 3.05) is 6.79 Å². The van der Waals surface area contributed by atoms with E-state index in [0.29, 0.717) is 0 Å². The molecule has 2 aromatic rings. The third-order valence-electron chi connectivity index (χ3n) is 4.13. The number of fused-ring (bicyclic) bond motifs is 2. The second-order valence-electron chi connectivity index (χ2n) is 5.84.